The molecule has 1 rings (SSSR count). The van der Waals surface area contributed by atoms with Crippen molar-refractivity contribution < 1.29 is 9.52 Å². The van der Waals surface area contributed by atoms with Gasteiger partial charge < -0.3 is 9.52 Å². The number of hydrogen-bond donors (Lipinski definition) is 1. The van der Waals surface area contributed by atoms with Crippen LogP contribution in [0.15, 0.2) is 35.5 Å². The van der Waals surface area contributed by atoms with Crippen LogP contribution in [0.5, 0.6) is 0 Å². The summed E-state index contributed by atoms with van der Waals surface area (Å²) in [6.07, 6.45) is 5.28. The van der Waals surface area contributed by atoms with E-state index in [4.69, 9.17) is 4.42 Å². The zero-order chi connectivity index (χ0) is 8.81. The van der Waals surface area contributed by atoms with Gasteiger partial charge in [-0.2, -0.15) is 0 Å². The van der Waals surface area contributed by atoms with E-state index in [1.807, 2.05) is 12.1 Å². The summed E-state index contributed by atoms with van der Waals surface area (Å²) in [5.41, 5.74) is 0. The van der Waals surface area contributed by atoms with Gasteiger partial charge in [0.2, 0.25) is 0 Å². The number of aliphatic hydroxyl groups excluding tert-OH is 1. The summed E-state index contributed by atoms with van der Waals surface area (Å²) in [7, 11) is 0. The Labute approximate surface area is 72.5 Å². The first-order valence-corrected chi connectivity index (χ1v) is 4.14. The summed E-state index contributed by atoms with van der Waals surface area (Å²) in [6, 6.07) is 3.77. The van der Waals surface area contributed by atoms with Crippen LogP contribution in [0.4, 0.5) is 0 Å². The highest BCUT2D eigenvalue weighted by atomic mass is 16.3. The molecule has 0 spiro atoms. The van der Waals surface area contributed by atoms with Crippen molar-refractivity contribution >= 4 is 0 Å². The van der Waals surface area contributed by atoms with E-state index in [9.17, 15) is 5.11 Å². The molecule has 0 amide bonds. The summed E-state index contributed by atoms with van der Waals surface area (Å²) < 4.78 is 5.13. The van der Waals surface area contributed by atoms with Gasteiger partial charge in [-0.3, -0.25) is 0 Å². The molecule has 0 aromatic carbocycles. The molecule has 2 heteroatoms. The van der Waals surface area contributed by atoms with Crippen LogP contribution in [0.2, 0.25) is 0 Å². The Morgan fingerprint density at radius 3 is 3.08 bits per heavy atom. The van der Waals surface area contributed by atoms with E-state index in [0.29, 0.717) is 6.42 Å². The minimum Gasteiger partial charge on any atom is -0.469 e. The fraction of sp³-hybridized carbons (Fsp3) is 0.400. The second-order valence-corrected chi connectivity index (χ2v) is 2.80. The number of rotatable bonds is 5. The van der Waals surface area contributed by atoms with Crippen LogP contribution in [-0.2, 0) is 6.42 Å². The van der Waals surface area contributed by atoms with Gasteiger partial charge in [0.25, 0.3) is 0 Å². The molecule has 0 aliphatic heterocycles. The molecule has 1 heterocycles. The third kappa shape index (κ3) is 2.93. The second-order valence-electron chi connectivity index (χ2n) is 2.80. The Bertz CT molecular complexity index is 214. The molecule has 0 radical (unpaired) electrons. The van der Waals surface area contributed by atoms with E-state index in [1.54, 1.807) is 12.3 Å². The highest BCUT2D eigenvalue weighted by molar-refractivity contribution is 4.98. The molecule has 12 heavy (non-hydrogen) atoms. The minimum absolute atomic E-state index is 0.285. The lowest BCUT2D eigenvalue weighted by molar-refractivity contribution is 0.166. The van der Waals surface area contributed by atoms with E-state index >= 15 is 0 Å². The monoisotopic (exact) mass is 166 g/mol. The molecule has 1 unspecified atom stereocenters. The molecule has 0 aliphatic rings. The van der Waals surface area contributed by atoms with Gasteiger partial charge in [0.05, 0.1) is 12.4 Å². The van der Waals surface area contributed by atoms with Crippen molar-refractivity contribution in [3.05, 3.63) is 36.8 Å². The lowest BCUT2D eigenvalue weighted by Crippen LogP contribution is -2.05. The maximum atomic E-state index is 9.34. The Kier molecular flexibility index (Phi) is 3.61. The summed E-state index contributed by atoms with van der Waals surface area (Å²) in [5, 5.41) is 9.34. The van der Waals surface area contributed by atoms with Gasteiger partial charge in [0.15, 0.2) is 0 Å². The molecule has 0 fully saturated rings. The summed E-state index contributed by atoms with van der Waals surface area (Å²) in [5.74, 6) is 0.929. The summed E-state index contributed by atoms with van der Waals surface area (Å²) >= 11 is 0. The van der Waals surface area contributed by atoms with Gasteiger partial charge in [-0.25, -0.2) is 0 Å². The average Bonchev–Trinajstić information content (AvgIpc) is 2.53. The fourth-order valence-electron chi connectivity index (χ4n) is 1.07. The van der Waals surface area contributed by atoms with Gasteiger partial charge in [-0.05, 0) is 25.0 Å². The van der Waals surface area contributed by atoms with Crippen molar-refractivity contribution in [1.29, 1.82) is 0 Å². The van der Waals surface area contributed by atoms with Gasteiger partial charge in [-0.15, -0.1) is 6.58 Å². The summed E-state index contributed by atoms with van der Waals surface area (Å²) in [6.45, 7) is 3.56. The number of hydrogen-bond acceptors (Lipinski definition) is 2. The molecule has 0 saturated heterocycles. The van der Waals surface area contributed by atoms with Crippen molar-refractivity contribution in [1.82, 2.24) is 0 Å². The molecule has 1 aromatic rings. The SMILES string of the molecule is C=CCC(O)CCc1ccco1. The van der Waals surface area contributed by atoms with E-state index in [0.717, 1.165) is 18.6 Å². The van der Waals surface area contributed by atoms with E-state index in [1.165, 1.54) is 0 Å². The highest BCUT2D eigenvalue weighted by Crippen LogP contribution is 2.07. The number of aliphatic hydroxyl groups is 1. The Morgan fingerprint density at radius 2 is 2.50 bits per heavy atom. The van der Waals surface area contributed by atoms with Crippen LogP contribution in [0, 0.1) is 0 Å². The molecule has 2 nitrogen and oxygen atoms in total. The Morgan fingerprint density at radius 1 is 1.67 bits per heavy atom. The quantitative estimate of drug-likeness (QED) is 0.680. The third-order valence-electron chi connectivity index (χ3n) is 1.74. The molecular weight excluding hydrogens is 152 g/mol. The molecule has 0 saturated carbocycles. The molecule has 1 atom stereocenters. The maximum absolute atomic E-state index is 9.34. The Hall–Kier alpha value is -1.02. The van der Waals surface area contributed by atoms with Crippen molar-refractivity contribution in [2.24, 2.45) is 0 Å². The first-order valence-electron chi connectivity index (χ1n) is 4.14. The first-order chi connectivity index (χ1) is 5.83. The van der Waals surface area contributed by atoms with Crippen LogP contribution in [0.25, 0.3) is 0 Å². The minimum atomic E-state index is -0.285. The molecule has 0 aliphatic carbocycles. The number of aryl methyl sites for hydroxylation is 1. The zero-order valence-corrected chi connectivity index (χ0v) is 7.07. The first kappa shape index (κ1) is 9.07. The summed E-state index contributed by atoms with van der Waals surface area (Å²) in [4.78, 5) is 0. The van der Waals surface area contributed by atoms with Gasteiger partial charge >= 0.3 is 0 Å². The van der Waals surface area contributed by atoms with Crippen molar-refractivity contribution in [3.63, 3.8) is 0 Å². The molecular formula is C10H14O2. The smallest absolute Gasteiger partial charge is 0.103 e. The zero-order valence-electron chi connectivity index (χ0n) is 7.07. The van der Waals surface area contributed by atoms with Crippen molar-refractivity contribution in [2.45, 2.75) is 25.4 Å². The number of furan rings is 1. The van der Waals surface area contributed by atoms with Crippen LogP contribution in [0.3, 0.4) is 0 Å². The van der Waals surface area contributed by atoms with E-state index < -0.39 is 0 Å². The lowest BCUT2D eigenvalue weighted by Gasteiger charge is -2.04. The van der Waals surface area contributed by atoms with Gasteiger partial charge in [0, 0.05) is 6.42 Å². The van der Waals surface area contributed by atoms with Crippen LogP contribution in [0.1, 0.15) is 18.6 Å². The lowest BCUT2D eigenvalue weighted by atomic mass is 10.1. The second kappa shape index (κ2) is 4.78. The van der Waals surface area contributed by atoms with Crippen LogP contribution < -0.4 is 0 Å². The topological polar surface area (TPSA) is 33.4 Å². The molecule has 66 valence electrons. The van der Waals surface area contributed by atoms with E-state index in [2.05, 4.69) is 6.58 Å². The van der Waals surface area contributed by atoms with E-state index in [-0.39, 0.29) is 6.10 Å². The fourth-order valence-corrected chi connectivity index (χ4v) is 1.07. The van der Waals surface area contributed by atoms with Gasteiger partial charge in [0.1, 0.15) is 5.76 Å². The normalized spacial score (nSPS) is 12.8. The predicted octanol–water partition coefficient (Wildman–Crippen LogP) is 2.15. The van der Waals surface area contributed by atoms with Crippen molar-refractivity contribution in [3.8, 4) is 0 Å². The van der Waals surface area contributed by atoms with Crippen LogP contribution >= 0.6 is 0 Å². The maximum Gasteiger partial charge on any atom is 0.103 e. The average molecular weight is 166 g/mol. The standard InChI is InChI=1S/C10H14O2/c1-2-4-9(11)6-7-10-5-3-8-12-10/h2-3,5,8-9,11H,1,4,6-7H2. The predicted molar refractivity (Wildman–Crippen MR) is 47.8 cm³/mol. The molecule has 1 N–H and O–H groups in total. The van der Waals surface area contributed by atoms with Crippen LogP contribution in [-0.4, -0.2) is 11.2 Å². The molecule has 0 bridgehead atoms. The third-order valence-corrected chi connectivity index (χ3v) is 1.74. The Balaban J connectivity index is 2.21. The highest BCUT2D eigenvalue weighted by Gasteiger charge is 2.02. The van der Waals surface area contributed by atoms with Gasteiger partial charge in [-0.1, -0.05) is 6.08 Å². The molecule has 1 aromatic heterocycles. The largest absolute Gasteiger partial charge is 0.469 e. The van der Waals surface area contributed by atoms with Crippen molar-refractivity contribution in [2.75, 3.05) is 0 Å².